The van der Waals surface area contributed by atoms with Crippen molar-refractivity contribution in [2.45, 2.75) is 5.92 Å². The largest absolute Gasteiger partial charge is 0.491 e. The minimum absolute atomic E-state index is 0.0233. The van der Waals surface area contributed by atoms with E-state index in [-0.39, 0.29) is 6.61 Å². The van der Waals surface area contributed by atoms with E-state index in [2.05, 4.69) is 15.9 Å². The third kappa shape index (κ3) is 3.74. The third-order valence-corrected chi connectivity index (χ3v) is 3.60. The fraction of sp³-hybridized carbons (Fsp3) is 0.133. The van der Waals surface area contributed by atoms with Crippen LogP contribution in [0.4, 0.5) is 0 Å². The lowest BCUT2D eigenvalue weighted by molar-refractivity contribution is -0.139. The fourth-order valence-electron chi connectivity index (χ4n) is 1.76. The molecule has 0 saturated heterocycles. The minimum atomic E-state index is -0.928. The highest BCUT2D eigenvalue weighted by molar-refractivity contribution is 9.10. The summed E-state index contributed by atoms with van der Waals surface area (Å²) < 4.78 is 6.38. The van der Waals surface area contributed by atoms with E-state index in [4.69, 9.17) is 16.3 Å². The van der Waals surface area contributed by atoms with E-state index < -0.39 is 11.9 Å². The zero-order valence-corrected chi connectivity index (χ0v) is 12.8. The molecule has 0 aromatic heterocycles. The molecule has 2 rings (SSSR count). The van der Waals surface area contributed by atoms with Gasteiger partial charge in [0.15, 0.2) is 0 Å². The molecule has 104 valence electrons. The predicted molar refractivity (Wildman–Crippen MR) is 81.5 cm³/mol. The molecule has 2 aromatic rings. The van der Waals surface area contributed by atoms with Crippen LogP contribution in [-0.4, -0.2) is 17.7 Å². The highest BCUT2D eigenvalue weighted by Crippen LogP contribution is 2.29. The molecule has 0 spiro atoms. The standard InChI is InChI=1S/C15H12BrClO3/c16-11-6-7-13(17)14(8-11)20-9-12(15(18)19)10-4-2-1-3-5-10/h1-8,12H,9H2,(H,18,19). The van der Waals surface area contributed by atoms with E-state index >= 15 is 0 Å². The van der Waals surface area contributed by atoms with Gasteiger partial charge in [-0.15, -0.1) is 0 Å². The van der Waals surface area contributed by atoms with Gasteiger partial charge in [0.25, 0.3) is 0 Å². The van der Waals surface area contributed by atoms with Crippen LogP contribution >= 0.6 is 27.5 Å². The molecular weight excluding hydrogens is 344 g/mol. The van der Waals surface area contributed by atoms with Crippen LogP contribution < -0.4 is 4.74 Å². The number of carboxylic acids is 1. The van der Waals surface area contributed by atoms with Gasteiger partial charge in [-0.05, 0) is 23.8 Å². The molecule has 0 aliphatic rings. The van der Waals surface area contributed by atoms with Gasteiger partial charge in [-0.2, -0.15) is 0 Å². The monoisotopic (exact) mass is 354 g/mol. The summed E-state index contributed by atoms with van der Waals surface area (Å²) in [7, 11) is 0. The lowest BCUT2D eigenvalue weighted by Gasteiger charge is -2.15. The fourth-order valence-corrected chi connectivity index (χ4v) is 2.27. The molecule has 0 amide bonds. The molecule has 1 N–H and O–H groups in total. The molecule has 1 atom stereocenters. The molecule has 0 heterocycles. The molecule has 3 nitrogen and oxygen atoms in total. The first kappa shape index (κ1) is 14.9. The Morgan fingerprint density at radius 1 is 1.25 bits per heavy atom. The summed E-state index contributed by atoms with van der Waals surface area (Å²) in [6, 6.07) is 14.2. The second kappa shape index (κ2) is 6.77. The summed E-state index contributed by atoms with van der Waals surface area (Å²) in [5.41, 5.74) is 0.700. The summed E-state index contributed by atoms with van der Waals surface area (Å²) >= 11 is 9.33. The SMILES string of the molecule is O=C(O)C(COc1cc(Br)ccc1Cl)c1ccccc1. The normalized spacial score (nSPS) is 11.9. The average Bonchev–Trinajstić information content (AvgIpc) is 2.43. The van der Waals surface area contributed by atoms with Gasteiger partial charge in [0, 0.05) is 4.47 Å². The number of hydrogen-bond acceptors (Lipinski definition) is 2. The predicted octanol–water partition coefficient (Wildman–Crippen LogP) is 4.35. The van der Waals surface area contributed by atoms with Crippen molar-refractivity contribution in [3.8, 4) is 5.75 Å². The van der Waals surface area contributed by atoms with E-state index in [0.29, 0.717) is 16.3 Å². The van der Waals surface area contributed by atoms with Gasteiger partial charge in [0.1, 0.15) is 18.3 Å². The Labute approximate surface area is 130 Å². The molecule has 5 heteroatoms. The third-order valence-electron chi connectivity index (χ3n) is 2.80. The number of benzene rings is 2. The molecular formula is C15H12BrClO3. The number of ether oxygens (including phenoxy) is 1. The maximum Gasteiger partial charge on any atom is 0.314 e. The molecule has 2 aromatic carbocycles. The summed E-state index contributed by atoms with van der Waals surface area (Å²) in [6.07, 6.45) is 0. The smallest absolute Gasteiger partial charge is 0.314 e. The van der Waals surface area contributed by atoms with Crippen LogP contribution in [0.5, 0.6) is 5.75 Å². The number of aliphatic carboxylic acids is 1. The van der Waals surface area contributed by atoms with Crippen molar-refractivity contribution in [3.63, 3.8) is 0 Å². The van der Waals surface area contributed by atoms with E-state index in [1.807, 2.05) is 6.07 Å². The lowest BCUT2D eigenvalue weighted by atomic mass is 10.0. The van der Waals surface area contributed by atoms with Gasteiger partial charge in [-0.3, -0.25) is 4.79 Å². The van der Waals surface area contributed by atoms with Gasteiger partial charge in [-0.25, -0.2) is 0 Å². The Hall–Kier alpha value is -1.52. The number of halogens is 2. The topological polar surface area (TPSA) is 46.5 Å². The summed E-state index contributed by atoms with van der Waals surface area (Å²) in [5, 5.41) is 9.76. The molecule has 0 aliphatic carbocycles. The van der Waals surface area contributed by atoms with Crippen LogP contribution in [0.25, 0.3) is 0 Å². The Morgan fingerprint density at radius 3 is 2.60 bits per heavy atom. The molecule has 0 aliphatic heterocycles. The van der Waals surface area contributed by atoms with Crippen molar-refractivity contribution in [3.05, 3.63) is 63.6 Å². The summed E-state index contributed by atoms with van der Waals surface area (Å²) in [5.74, 6) is -1.20. The van der Waals surface area contributed by atoms with Crippen molar-refractivity contribution in [2.75, 3.05) is 6.61 Å². The lowest BCUT2D eigenvalue weighted by Crippen LogP contribution is -2.19. The van der Waals surface area contributed by atoms with Crippen LogP contribution in [0.2, 0.25) is 5.02 Å². The Balaban J connectivity index is 2.14. The maximum atomic E-state index is 11.4. The Kier molecular flexibility index (Phi) is 5.04. The summed E-state index contributed by atoms with van der Waals surface area (Å²) in [6.45, 7) is 0.0233. The van der Waals surface area contributed by atoms with Gasteiger partial charge < -0.3 is 9.84 Å². The quantitative estimate of drug-likeness (QED) is 0.867. The van der Waals surface area contributed by atoms with Crippen LogP contribution in [0.3, 0.4) is 0 Å². The number of hydrogen-bond donors (Lipinski definition) is 1. The molecule has 1 unspecified atom stereocenters. The van der Waals surface area contributed by atoms with E-state index in [0.717, 1.165) is 4.47 Å². The zero-order valence-electron chi connectivity index (χ0n) is 10.4. The first-order valence-electron chi connectivity index (χ1n) is 5.93. The second-order valence-electron chi connectivity index (χ2n) is 4.19. The molecule has 0 saturated carbocycles. The molecule has 20 heavy (non-hydrogen) atoms. The minimum Gasteiger partial charge on any atom is -0.491 e. The highest BCUT2D eigenvalue weighted by atomic mass is 79.9. The van der Waals surface area contributed by atoms with Gasteiger partial charge in [0.2, 0.25) is 0 Å². The van der Waals surface area contributed by atoms with Crippen molar-refractivity contribution < 1.29 is 14.6 Å². The average molecular weight is 356 g/mol. The first-order chi connectivity index (χ1) is 9.58. The Morgan fingerprint density at radius 2 is 1.95 bits per heavy atom. The maximum absolute atomic E-state index is 11.4. The van der Waals surface area contributed by atoms with E-state index in [1.165, 1.54) is 0 Å². The molecule has 0 radical (unpaired) electrons. The number of rotatable bonds is 5. The number of carbonyl (C=O) groups is 1. The number of carboxylic acid groups (broad SMARTS) is 1. The van der Waals surface area contributed by atoms with Gasteiger partial charge >= 0.3 is 5.97 Å². The molecule has 0 fully saturated rings. The molecule has 0 bridgehead atoms. The highest BCUT2D eigenvalue weighted by Gasteiger charge is 2.21. The zero-order chi connectivity index (χ0) is 14.5. The van der Waals surface area contributed by atoms with Crippen LogP contribution in [0.1, 0.15) is 11.5 Å². The van der Waals surface area contributed by atoms with E-state index in [1.54, 1.807) is 42.5 Å². The van der Waals surface area contributed by atoms with Crippen LogP contribution in [0.15, 0.2) is 53.0 Å². The van der Waals surface area contributed by atoms with Crippen molar-refractivity contribution >= 4 is 33.5 Å². The Bertz CT molecular complexity index is 601. The second-order valence-corrected chi connectivity index (χ2v) is 5.51. The van der Waals surface area contributed by atoms with Gasteiger partial charge in [-0.1, -0.05) is 57.9 Å². The van der Waals surface area contributed by atoms with E-state index in [9.17, 15) is 9.90 Å². The van der Waals surface area contributed by atoms with Crippen LogP contribution in [0, 0.1) is 0 Å². The first-order valence-corrected chi connectivity index (χ1v) is 7.10. The summed E-state index contributed by atoms with van der Waals surface area (Å²) in [4.78, 5) is 11.4. The van der Waals surface area contributed by atoms with Gasteiger partial charge in [0.05, 0.1) is 5.02 Å². The van der Waals surface area contributed by atoms with Crippen molar-refractivity contribution in [2.24, 2.45) is 0 Å². The van der Waals surface area contributed by atoms with Crippen molar-refractivity contribution in [1.82, 2.24) is 0 Å². The van der Waals surface area contributed by atoms with Crippen molar-refractivity contribution in [1.29, 1.82) is 0 Å². The van der Waals surface area contributed by atoms with Crippen LogP contribution in [-0.2, 0) is 4.79 Å².